The zero-order valence-corrected chi connectivity index (χ0v) is 10.9. The summed E-state index contributed by atoms with van der Waals surface area (Å²) in [5.41, 5.74) is 1.10. The minimum atomic E-state index is 0.0679. The highest BCUT2D eigenvalue weighted by atomic mass is 16.5. The lowest BCUT2D eigenvalue weighted by Crippen LogP contribution is -2.25. The molecule has 0 aliphatic heterocycles. The summed E-state index contributed by atoms with van der Waals surface area (Å²) in [5.74, 6) is 0.0679. The molecule has 1 aromatic rings. The summed E-state index contributed by atoms with van der Waals surface area (Å²) in [4.78, 5) is 17.9. The van der Waals surface area contributed by atoms with E-state index >= 15 is 0 Å². The minimum Gasteiger partial charge on any atom is -0.381 e. The summed E-state index contributed by atoms with van der Waals surface area (Å²) in [6.45, 7) is 3.04. The quantitative estimate of drug-likeness (QED) is 0.517. The first-order chi connectivity index (χ1) is 8.83. The average Bonchev–Trinajstić information content (AvgIpc) is 2.89. The van der Waals surface area contributed by atoms with Crippen LogP contribution in [0, 0.1) is 0 Å². The van der Waals surface area contributed by atoms with Crippen LogP contribution in [0.1, 0.15) is 18.5 Å². The second kappa shape index (κ2) is 9.61. The number of amides is 1. The van der Waals surface area contributed by atoms with Crippen LogP contribution in [0.25, 0.3) is 0 Å². The zero-order valence-electron chi connectivity index (χ0n) is 10.9. The molecular formula is C12H22N4O2. The van der Waals surface area contributed by atoms with Crippen LogP contribution in [0.5, 0.6) is 0 Å². The van der Waals surface area contributed by atoms with Crippen molar-refractivity contribution in [2.45, 2.75) is 19.3 Å². The molecule has 0 aromatic carbocycles. The molecule has 0 atom stereocenters. The molecule has 1 amide bonds. The lowest BCUT2D eigenvalue weighted by Gasteiger charge is -2.05. The van der Waals surface area contributed by atoms with Crippen molar-refractivity contribution < 1.29 is 9.53 Å². The van der Waals surface area contributed by atoms with Gasteiger partial charge in [-0.1, -0.05) is 0 Å². The van der Waals surface area contributed by atoms with Crippen LogP contribution < -0.4 is 10.6 Å². The molecule has 0 aliphatic rings. The summed E-state index contributed by atoms with van der Waals surface area (Å²) in [6.07, 6.45) is 5.83. The molecule has 18 heavy (non-hydrogen) atoms. The first-order valence-electron chi connectivity index (χ1n) is 6.29. The molecule has 0 bridgehead atoms. The third-order valence-electron chi connectivity index (χ3n) is 2.52. The normalized spacial score (nSPS) is 10.5. The second-order valence-electron chi connectivity index (χ2n) is 3.97. The number of imidazole rings is 1. The summed E-state index contributed by atoms with van der Waals surface area (Å²) in [7, 11) is 1.65. The van der Waals surface area contributed by atoms with Gasteiger partial charge >= 0.3 is 0 Å². The average molecular weight is 254 g/mol. The molecule has 1 aromatic heterocycles. The number of rotatable bonds is 10. The molecule has 0 saturated carbocycles. The number of nitrogens with zero attached hydrogens (tertiary/aromatic N) is 1. The summed E-state index contributed by atoms with van der Waals surface area (Å²) in [6, 6.07) is 0. The molecule has 102 valence electrons. The van der Waals surface area contributed by atoms with Gasteiger partial charge in [0.25, 0.3) is 0 Å². The molecule has 0 saturated heterocycles. The van der Waals surface area contributed by atoms with Gasteiger partial charge in [-0.25, -0.2) is 4.98 Å². The fourth-order valence-electron chi connectivity index (χ4n) is 1.46. The highest BCUT2D eigenvalue weighted by molar-refractivity contribution is 5.75. The monoisotopic (exact) mass is 254 g/mol. The van der Waals surface area contributed by atoms with Crippen molar-refractivity contribution in [3.63, 3.8) is 0 Å². The van der Waals surface area contributed by atoms with Crippen molar-refractivity contribution in [3.8, 4) is 0 Å². The predicted octanol–water partition coefficient (Wildman–Crippen LogP) is 0.0846. The van der Waals surface area contributed by atoms with Gasteiger partial charge in [0.15, 0.2) is 0 Å². The Labute approximate surface area is 108 Å². The molecule has 0 unspecified atom stereocenters. The summed E-state index contributed by atoms with van der Waals surface area (Å²) < 4.78 is 5.49. The van der Waals surface area contributed by atoms with Gasteiger partial charge in [0, 0.05) is 44.9 Å². The van der Waals surface area contributed by atoms with Gasteiger partial charge in [0.05, 0.1) is 12.9 Å². The molecule has 0 aliphatic carbocycles. The number of aromatic nitrogens is 2. The van der Waals surface area contributed by atoms with Crippen molar-refractivity contribution in [2.75, 3.05) is 33.4 Å². The van der Waals surface area contributed by atoms with Crippen molar-refractivity contribution in [1.82, 2.24) is 20.6 Å². The SMILES string of the molecule is CNC(=O)CCNCCCOCCc1cnc[nH]1. The van der Waals surface area contributed by atoms with Crippen molar-refractivity contribution in [3.05, 3.63) is 18.2 Å². The van der Waals surface area contributed by atoms with E-state index in [1.807, 2.05) is 6.20 Å². The molecule has 1 rings (SSSR count). The third-order valence-corrected chi connectivity index (χ3v) is 2.52. The Bertz CT molecular complexity index is 314. The van der Waals surface area contributed by atoms with Crippen LogP contribution in [0.4, 0.5) is 0 Å². The number of H-pyrrole nitrogens is 1. The molecule has 6 heteroatoms. The Kier molecular flexibility index (Phi) is 7.83. The van der Waals surface area contributed by atoms with E-state index < -0.39 is 0 Å². The standard InChI is InChI=1S/C12H22N4O2/c1-13-12(17)3-6-14-5-2-7-18-8-4-11-9-15-10-16-11/h9-10,14H,2-8H2,1H3,(H,13,17)(H,15,16). The maximum atomic E-state index is 10.9. The van der Waals surface area contributed by atoms with Gasteiger partial charge in [-0.2, -0.15) is 0 Å². The fraction of sp³-hybridized carbons (Fsp3) is 0.667. The number of carbonyl (C=O) groups excluding carboxylic acids is 1. The molecular weight excluding hydrogens is 232 g/mol. The Balaban J connectivity index is 1.80. The number of ether oxygens (including phenoxy) is 1. The van der Waals surface area contributed by atoms with Crippen molar-refractivity contribution in [1.29, 1.82) is 0 Å². The van der Waals surface area contributed by atoms with E-state index in [4.69, 9.17) is 4.74 Å². The van der Waals surface area contributed by atoms with Gasteiger partial charge in [0.1, 0.15) is 0 Å². The van der Waals surface area contributed by atoms with E-state index in [0.29, 0.717) is 19.6 Å². The lowest BCUT2D eigenvalue weighted by atomic mass is 10.3. The smallest absolute Gasteiger partial charge is 0.221 e. The topological polar surface area (TPSA) is 79.0 Å². The van der Waals surface area contributed by atoms with Crippen LogP contribution >= 0.6 is 0 Å². The van der Waals surface area contributed by atoms with E-state index in [2.05, 4.69) is 20.6 Å². The Morgan fingerprint density at radius 3 is 3.06 bits per heavy atom. The van der Waals surface area contributed by atoms with Gasteiger partial charge in [-0.15, -0.1) is 0 Å². The van der Waals surface area contributed by atoms with Crippen LogP contribution in [-0.4, -0.2) is 49.2 Å². The molecule has 3 N–H and O–H groups in total. The van der Waals surface area contributed by atoms with Crippen LogP contribution in [-0.2, 0) is 16.0 Å². The highest BCUT2D eigenvalue weighted by Gasteiger charge is 1.97. The molecule has 0 fully saturated rings. The second-order valence-corrected chi connectivity index (χ2v) is 3.97. The zero-order chi connectivity index (χ0) is 13.1. The van der Waals surface area contributed by atoms with E-state index in [9.17, 15) is 4.79 Å². The van der Waals surface area contributed by atoms with E-state index in [0.717, 1.165) is 31.7 Å². The van der Waals surface area contributed by atoms with Crippen LogP contribution in [0.3, 0.4) is 0 Å². The molecule has 0 spiro atoms. The number of carbonyl (C=O) groups is 1. The summed E-state index contributed by atoms with van der Waals surface area (Å²) >= 11 is 0. The largest absolute Gasteiger partial charge is 0.381 e. The lowest BCUT2D eigenvalue weighted by molar-refractivity contribution is -0.120. The van der Waals surface area contributed by atoms with Gasteiger partial charge < -0.3 is 20.4 Å². The molecule has 6 nitrogen and oxygen atoms in total. The van der Waals surface area contributed by atoms with Crippen LogP contribution in [0.2, 0.25) is 0 Å². The van der Waals surface area contributed by atoms with E-state index in [1.165, 1.54) is 0 Å². The van der Waals surface area contributed by atoms with Crippen LogP contribution in [0.15, 0.2) is 12.5 Å². The summed E-state index contributed by atoms with van der Waals surface area (Å²) in [5, 5.41) is 5.78. The number of nitrogens with one attached hydrogen (secondary N) is 3. The maximum absolute atomic E-state index is 10.9. The number of hydrogen-bond donors (Lipinski definition) is 3. The maximum Gasteiger partial charge on any atom is 0.221 e. The Morgan fingerprint density at radius 1 is 1.44 bits per heavy atom. The fourth-order valence-corrected chi connectivity index (χ4v) is 1.46. The predicted molar refractivity (Wildman–Crippen MR) is 69.3 cm³/mol. The van der Waals surface area contributed by atoms with Gasteiger partial charge in [-0.05, 0) is 13.0 Å². The third kappa shape index (κ3) is 7.03. The molecule has 1 heterocycles. The van der Waals surface area contributed by atoms with Crippen molar-refractivity contribution >= 4 is 5.91 Å². The van der Waals surface area contributed by atoms with E-state index in [-0.39, 0.29) is 5.91 Å². The van der Waals surface area contributed by atoms with Gasteiger partial charge in [-0.3, -0.25) is 4.79 Å². The van der Waals surface area contributed by atoms with E-state index in [1.54, 1.807) is 13.4 Å². The highest BCUT2D eigenvalue weighted by Crippen LogP contribution is 1.93. The number of hydrogen-bond acceptors (Lipinski definition) is 4. The van der Waals surface area contributed by atoms with Gasteiger partial charge in [0.2, 0.25) is 5.91 Å². The number of aromatic amines is 1. The molecule has 0 radical (unpaired) electrons. The first kappa shape index (κ1) is 14.7. The van der Waals surface area contributed by atoms with Crippen molar-refractivity contribution in [2.24, 2.45) is 0 Å². The minimum absolute atomic E-state index is 0.0679. The Morgan fingerprint density at radius 2 is 2.33 bits per heavy atom. The first-order valence-corrected chi connectivity index (χ1v) is 6.29. The Hall–Kier alpha value is -1.40.